The summed E-state index contributed by atoms with van der Waals surface area (Å²) in [5.41, 5.74) is 3.11. The third-order valence-electron chi connectivity index (χ3n) is 2.87. The van der Waals surface area contributed by atoms with Gasteiger partial charge in [-0.2, -0.15) is 0 Å². The molecule has 0 aliphatic carbocycles. The summed E-state index contributed by atoms with van der Waals surface area (Å²) in [6.07, 6.45) is 0. The molecule has 0 bridgehead atoms. The van der Waals surface area contributed by atoms with Gasteiger partial charge in [-0.3, -0.25) is 9.78 Å². The minimum atomic E-state index is 0.0727. The van der Waals surface area contributed by atoms with Gasteiger partial charge in [0, 0.05) is 31.6 Å². The van der Waals surface area contributed by atoms with E-state index in [1.807, 2.05) is 44.3 Å². The van der Waals surface area contributed by atoms with Crippen LogP contribution < -0.4 is 0 Å². The summed E-state index contributed by atoms with van der Waals surface area (Å²) in [5.74, 6) is 0.0727. The van der Waals surface area contributed by atoms with E-state index < -0.39 is 0 Å². The number of hydrogen-bond donors (Lipinski definition) is 0. The van der Waals surface area contributed by atoms with Gasteiger partial charge in [0.2, 0.25) is 5.91 Å². The zero-order chi connectivity index (χ0) is 12.4. The van der Waals surface area contributed by atoms with Crippen molar-refractivity contribution in [3.63, 3.8) is 0 Å². The zero-order valence-corrected chi connectivity index (χ0v) is 10.4. The van der Waals surface area contributed by atoms with E-state index in [-0.39, 0.29) is 5.91 Å². The summed E-state index contributed by atoms with van der Waals surface area (Å²) in [4.78, 5) is 17.5. The summed E-state index contributed by atoms with van der Waals surface area (Å²) < 4.78 is 0. The van der Waals surface area contributed by atoms with E-state index in [9.17, 15) is 4.79 Å². The Balaban J connectivity index is 2.49. The molecule has 0 saturated carbocycles. The van der Waals surface area contributed by atoms with E-state index in [0.29, 0.717) is 6.54 Å². The number of fused-ring (bicyclic) bond motifs is 1. The number of amides is 1. The number of pyridine rings is 1. The van der Waals surface area contributed by atoms with Crippen LogP contribution in [0.3, 0.4) is 0 Å². The number of benzene rings is 1. The Bertz CT molecular complexity index is 563. The van der Waals surface area contributed by atoms with Gasteiger partial charge in [-0.05, 0) is 24.6 Å². The van der Waals surface area contributed by atoms with Crippen LogP contribution in [0.1, 0.15) is 18.2 Å². The minimum Gasteiger partial charge on any atom is -0.342 e. The number of aryl methyl sites for hydroxylation is 1. The Morgan fingerprint density at radius 3 is 2.76 bits per heavy atom. The van der Waals surface area contributed by atoms with Crippen molar-refractivity contribution in [1.29, 1.82) is 0 Å². The first-order chi connectivity index (χ1) is 8.08. The van der Waals surface area contributed by atoms with Crippen LogP contribution in [0.15, 0.2) is 30.3 Å². The molecule has 0 aliphatic heterocycles. The lowest BCUT2D eigenvalue weighted by molar-refractivity contribution is -0.128. The molecule has 2 aromatic rings. The number of hydrogen-bond acceptors (Lipinski definition) is 2. The van der Waals surface area contributed by atoms with Gasteiger partial charge >= 0.3 is 0 Å². The van der Waals surface area contributed by atoms with Crippen LogP contribution in [-0.2, 0) is 11.3 Å². The minimum absolute atomic E-state index is 0.0727. The van der Waals surface area contributed by atoms with Crippen molar-refractivity contribution in [2.75, 3.05) is 7.05 Å². The van der Waals surface area contributed by atoms with Gasteiger partial charge in [0.25, 0.3) is 0 Å². The molecule has 0 aliphatic rings. The first-order valence-electron chi connectivity index (χ1n) is 5.65. The molecule has 1 amide bonds. The predicted molar refractivity (Wildman–Crippen MR) is 68.6 cm³/mol. The number of aromatic nitrogens is 1. The van der Waals surface area contributed by atoms with E-state index >= 15 is 0 Å². The lowest BCUT2D eigenvalue weighted by Crippen LogP contribution is -2.23. The maximum Gasteiger partial charge on any atom is 0.219 e. The van der Waals surface area contributed by atoms with Crippen molar-refractivity contribution < 1.29 is 4.79 Å². The van der Waals surface area contributed by atoms with E-state index in [4.69, 9.17) is 0 Å². The van der Waals surface area contributed by atoms with Crippen LogP contribution in [0, 0.1) is 6.92 Å². The number of rotatable bonds is 2. The van der Waals surface area contributed by atoms with Crippen molar-refractivity contribution in [2.45, 2.75) is 20.4 Å². The second-order valence-electron chi connectivity index (χ2n) is 4.31. The van der Waals surface area contributed by atoms with Crippen LogP contribution in [-0.4, -0.2) is 22.8 Å². The van der Waals surface area contributed by atoms with E-state index in [1.54, 1.807) is 11.8 Å². The molecule has 0 atom stereocenters. The van der Waals surface area contributed by atoms with Crippen LogP contribution >= 0.6 is 0 Å². The SMILES string of the molecule is CC(=O)N(C)Cc1cc(C)nc2ccccc12. The molecular weight excluding hydrogens is 212 g/mol. The Hall–Kier alpha value is -1.90. The maximum absolute atomic E-state index is 11.3. The second-order valence-corrected chi connectivity index (χ2v) is 4.31. The summed E-state index contributed by atoms with van der Waals surface area (Å²) in [7, 11) is 1.81. The molecule has 1 heterocycles. The normalized spacial score (nSPS) is 10.5. The molecule has 0 N–H and O–H groups in total. The Morgan fingerprint density at radius 1 is 1.35 bits per heavy atom. The van der Waals surface area contributed by atoms with Crippen LogP contribution in [0.4, 0.5) is 0 Å². The molecule has 0 saturated heterocycles. The Morgan fingerprint density at radius 2 is 2.06 bits per heavy atom. The molecule has 1 aromatic heterocycles. The van der Waals surface area contributed by atoms with E-state index in [1.165, 1.54) is 0 Å². The van der Waals surface area contributed by atoms with Gasteiger partial charge in [0.05, 0.1) is 5.52 Å². The van der Waals surface area contributed by atoms with Gasteiger partial charge in [0.15, 0.2) is 0 Å². The molecule has 88 valence electrons. The maximum atomic E-state index is 11.3. The first-order valence-corrected chi connectivity index (χ1v) is 5.65. The van der Waals surface area contributed by atoms with E-state index in [2.05, 4.69) is 4.98 Å². The fraction of sp³-hybridized carbons (Fsp3) is 0.286. The quantitative estimate of drug-likeness (QED) is 0.791. The van der Waals surface area contributed by atoms with Crippen molar-refractivity contribution in [3.8, 4) is 0 Å². The highest BCUT2D eigenvalue weighted by molar-refractivity contribution is 5.83. The number of carbonyl (C=O) groups is 1. The highest BCUT2D eigenvalue weighted by atomic mass is 16.2. The van der Waals surface area contributed by atoms with Gasteiger partial charge in [-0.15, -0.1) is 0 Å². The summed E-state index contributed by atoms with van der Waals surface area (Å²) in [6.45, 7) is 4.18. The van der Waals surface area contributed by atoms with Gasteiger partial charge < -0.3 is 4.90 Å². The molecule has 17 heavy (non-hydrogen) atoms. The van der Waals surface area contributed by atoms with Crippen LogP contribution in [0.2, 0.25) is 0 Å². The van der Waals surface area contributed by atoms with Crippen molar-refractivity contribution in [3.05, 3.63) is 41.6 Å². The highest BCUT2D eigenvalue weighted by Gasteiger charge is 2.08. The zero-order valence-electron chi connectivity index (χ0n) is 10.4. The fourth-order valence-corrected chi connectivity index (χ4v) is 1.89. The Labute approximate surface area is 101 Å². The third kappa shape index (κ3) is 2.44. The molecule has 0 unspecified atom stereocenters. The largest absolute Gasteiger partial charge is 0.342 e. The second kappa shape index (κ2) is 4.53. The average Bonchev–Trinajstić information content (AvgIpc) is 2.28. The van der Waals surface area contributed by atoms with Crippen LogP contribution in [0.25, 0.3) is 10.9 Å². The topological polar surface area (TPSA) is 33.2 Å². The van der Waals surface area contributed by atoms with Crippen molar-refractivity contribution in [2.24, 2.45) is 0 Å². The van der Waals surface area contributed by atoms with Crippen LogP contribution in [0.5, 0.6) is 0 Å². The Kier molecular flexibility index (Phi) is 3.09. The molecule has 2 rings (SSSR count). The van der Waals surface area contributed by atoms with Gasteiger partial charge in [0.1, 0.15) is 0 Å². The number of para-hydroxylation sites is 1. The molecule has 1 aromatic carbocycles. The molecule has 0 spiro atoms. The summed E-state index contributed by atoms with van der Waals surface area (Å²) in [5, 5.41) is 1.12. The third-order valence-corrected chi connectivity index (χ3v) is 2.87. The van der Waals surface area contributed by atoms with Crippen molar-refractivity contribution >= 4 is 16.8 Å². The monoisotopic (exact) mass is 228 g/mol. The standard InChI is InChI=1S/C14H16N2O/c1-10-8-12(9-16(3)11(2)17)13-6-4-5-7-14(13)15-10/h4-8H,9H2,1-3H3. The lowest BCUT2D eigenvalue weighted by atomic mass is 10.1. The van der Waals surface area contributed by atoms with Crippen molar-refractivity contribution in [1.82, 2.24) is 9.88 Å². The molecular formula is C14H16N2O. The van der Waals surface area contributed by atoms with Gasteiger partial charge in [-0.1, -0.05) is 18.2 Å². The smallest absolute Gasteiger partial charge is 0.219 e. The molecule has 3 nitrogen and oxygen atoms in total. The summed E-state index contributed by atoms with van der Waals surface area (Å²) >= 11 is 0. The highest BCUT2D eigenvalue weighted by Crippen LogP contribution is 2.19. The lowest BCUT2D eigenvalue weighted by Gasteiger charge is -2.16. The summed E-state index contributed by atoms with van der Waals surface area (Å²) in [6, 6.07) is 10.1. The molecule has 0 radical (unpaired) electrons. The molecule has 0 fully saturated rings. The predicted octanol–water partition coefficient (Wildman–Crippen LogP) is 2.52. The van der Waals surface area contributed by atoms with Gasteiger partial charge in [-0.25, -0.2) is 0 Å². The first kappa shape index (κ1) is 11.6. The molecule has 3 heteroatoms. The number of nitrogens with zero attached hydrogens (tertiary/aromatic N) is 2. The number of carbonyl (C=O) groups excluding carboxylic acids is 1. The average molecular weight is 228 g/mol. The fourth-order valence-electron chi connectivity index (χ4n) is 1.89. The van der Waals surface area contributed by atoms with E-state index in [0.717, 1.165) is 22.2 Å².